The standard InChI is InChI=1S/C14H21N3O2.HI/c1-3-9-16-14(15)17-10-11-5-7-12(8-6-11)13(18)19-4-2;/h5-8H,3-4,9-10H2,1-2H3,(H3,15,16,17);1H. The van der Waals surface area contributed by atoms with Crippen LogP contribution in [0.1, 0.15) is 36.2 Å². The van der Waals surface area contributed by atoms with E-state index in [9.17, 15) is 4.79 Å². The van der Waals surface area contributed by atoms with Crippen molar-refractivity contribution in [3.8, 4) is 0 Å². The minimum atomic E-state index is -0.304. The lowest BCUT2D eigenvalue weighted by Crippen LogP contribution is -2.32. The highest BCUT2D eigenvalue weighted by Crippen LogP contribution is 2.07. The Labute approximate surface area is 137 Å². The number of nitrogens with one attached hydrogen (secondary N) is 1. The molecule has 0 bridgehead atoms. The fourth-order valence-corrected chi connectivity index (χ4v) is 1.45. The van der Waals surface area contributed by atoms with Crippen LogP contribution in [0.3, 0.4) is 0 Å². The first-order valence-electron chi connectivity index (χ1n) is 6.47. The Bertz CT molecular complexity index is 433. The lowest BCUT2D eigenvalue weighted by atomic mass is 10.1. The van der Waals surface area contributed by atoms with Gasteiger partial charge in [0.1, 0.15) is 0 Å². The van der Waals surface area contributed by atoms with Crippen LogP contribution < -0.4 is 11.1 Å². The van der Waals surface area contributed by atoms with Crippen molar-refractivity contribution in [2.75, 3.05) is 13.2 Å². The third-order valence-electron chi connectivity index (χ3n) is 2.45. The molecule has 6 heteroatoms. The van der Waals surface area contributed by atoms with Crippen molar-refractivity contribution in [1.29, 1.82) is 0 Å². The molecule has 0 amide bonds. The van der Waals surface area contributed by atoms with E-state index in [-0.39, 0.29) is 29.9 Å². The average Bonchev–Trinajstić information content (AvgIpc) is 2.43. The molecule has 3 N–H and O–H groups in total. The molecule has 0 aliphatic rings. The van der Waals surface area contributed by atoms with Gasteiger partial charge in [0.05, 0.1) is 18.7 Å². The Morgan fingerprint density at radius 1 is 1.30 bits per heavy atom. The van der Waals surface area contributed by atoms with Gasteiger partial charge in [-0.3, -0.25) is 0 Å². The number of aliphatic imine (C=N–C) groups is 1. The maximum atomic E-state index is 11.5. The van der Waals surface area contributed by atoms with Gasteiger partial charge in [-0.2, -0.15) is 0 Å². The van der Waals surface area contributed by atoms with Gasteiger partial charge in [0.15, 0.2) is 5.96 Å². The summed E-state index contributed by atoms with van der Waals surface area (Å²) < 4.78 is 4.91. The molecule has 112 valence electrons. The van der Waals surface area contributed by atoms with E-state index in [1.54, 1.807) is 19.1 Å². The molecule has 0 heterocycles. The van der Waals surface area contributed by atoms with Crippen LogP contribution in [0.5, 0.6) is 0 Å². The van der Waals surface area contributed by atoms with Gasteiger partial charge in [-0.15, -0.1) is 24.0 Å². The summed E-state index contributed by atoms with van der Waals surface area (Å²) in [6, 6.07) is 7.17. The average molecular weight is 391 g/mol. The summed E-state index contributed by atoms with van der Waals surface area (Å²) >= 11 is 0. The first-order valence-corrected chi connectivity index (χ1v) is 6.47. The van der Waals surface area contributed by atoms with E-state index in [2.05, 4.69) is 17.2 Å². The van der Waals surface area contributed by atoms with Gasteiger partial charge in [-0.05, 0) is 31.0 Å². The maximum Gasteiger partial charge on any atom is 0.338 e. The van der Waals surface area contributed by atoms with E-state index < -0.39 is 0 Å². The molecule has 0 saturated carbocycles. The van der Waals surface area contributed by atoms with Crippen LogP contribution in [-0.4, -0.2) is 25.1 Å². The van der Waals surface area contributed by atoms with Crippen molar-refractivity contribution >= 4 is 35.9 Å². The van der Waals surface area contributed by atoms with Crippen molar-refractivity contribution in [1.82, 2.24) is 5.32 Å². The fourth-order valence-electron chi connectivity index (χ4n) is 1.45. The van der Waals surface area contributed by atoms with Gasteiger partial charge in [-0.1, -0.05) is 19.1 Å². The van der Waals surface area contributed by atoms with Crippen molar-refractivity contribution in [3.05, 3.63) is 35.4 Å². The SMILES string of the molecule is CCCNC(N)=NCc1ccc(C(=O)OCC)cc1.I. The van der Waals surface area contributed by atoms with Gasteiger partial charge >= 0.3 is 5.97 Å². The summed E-state index contributed by atoms with van der Waals surface area (Å²) in [7, 11) is 0. The number of halogens is 1. The zero-order valence-electron chi connectivity index (χ0n) is 11.9. The molecular weight excluding hydrogens is 369 g/mol. The van der Waals surface area contributed by atoms with E-state index in [1.807, 2.05) is 12.1 Å². The van der Waals surface area contributed by atoms with Crippen LogP contribution >= 0.6 is 24.0 Å². The highest BCUT2D eigenvalue weighted by Gasteiger charge is 2.05. The predicted molar refractivity (Wildman–Crippen MR) is 91.4 cm³/mol. The summed E-state index contributed by atoms with van der Waals surface area (Å²) in [4.78, 5) is 15.7. The van der Waals surface area contributed by atoms with E-state index in [0.29, 0.717) is 24.7 Å². The number of carbonyl (C=O) groups excluding carboxylic acids is 1. The Morgan fingerprint density at radius 3 is 2.50 bits per heavy atom. The number of ether oxygens (including phenoxy) is 1. The smallest absolute Gasteiger partial charge is 0.338 e. The number of nitrogens with two attached hydrogens (primary N) is 1. The second-order valence-electron chi connectivity index (χ2n) is 4.05. The minimum absolute atomic E-state index is 0. The third-order valence-corrected chi connectivity index (χ3v) is 2.45. The van der Waals surface area contributed by atoms with Crippen molar-refractivity contribution < 1.29 is 9.53 Å². The van der Waals surface area contributed by atoms with Gasteiger partial charge < -0.3 is 15.8 Å². The minimum Gasteiger partial charge on any atom is -0.462 e. The lowest BCUT2D eigenvalue weighted by Gasteiger charge is -2.04. The van der Waals surface area contributed by atoms with E-state index >= 15 is 0 Å². The molecule has 0 radical (unpaired) electrons. The van der Waals surface area contributed by atoms with E-state index in [0.717, 1.165) is 18.5 Å². The van der Waals surface area contributed by atoms with E-state index in [1.165, 1.54) is 0 Å². The number of nitrogens with zero attached hydrogens (tertiary/aromatic N) is 1. The van der Waals surface area contributed by atoms with Gasteiger partial charge in [0, 0.05) is 6.54 Å². The summed E-state index contributed by atoms with van der Waals surface area (Å²) in [5.74, 6) is 0.137. The Kier molecular flexibility index (Phi) is 9.79. The van der Waals surface area contributed by atoms with Gasteiger partial charge in [0.2, 0.25) is 0 Å². The molecule has 0 spiro atoms. The summed E-state index contributed by atoms with van der Waals surface area (Å²) in [6.07, 6.45) is 1.00. The third kappa shape index (κ3) is 6.74. The topological polar surface area (TPSA) is 76.7 Å². The first kappa shape index (κ1) is 18.7. The zero-order valence-corrected chi connectivity index (χ0v) is 14.2. The molecule has 0 aliphatic carbocycles. The second-order valence-corrected chi connectivity index (χ2v) is 4.05. The number of hydrogen-bond acceptors (Lipinski definition) is 3. The molecule has 0 aromatic heterocycles. The summed E-state index contributed by atoms with van der Waals surface area (Å²) in [5, 5.41) is 3.00. The largest absolute Gasteiger partial charge is 0.462 e. The second kappa shape index (κ2) is 10.5. The molecular formula is C14H22IN3O2. The Hall–Kier alpha value is -1.31. The quantitative estimate of drug-likeness (QED) is 0.338. The van der Waals surface area contributed by atoms with Gasteiger partial charge in [0.25, 0.3) is 0 Å². The lowest BCUT2D eigenvalue weighted by molar-refractivity contribution is 0.0526. The molecule has 0 aliphatic heterocycles. The highest BCUT2D eigenvalue weighted by atomic mass is 127. The number of guanidine groups is 1. The van der Waals surface area contributed by atoms with Crippen LogP contribution in [0.15, 0.2) is 29.3 Å². The summed E-state index contributed by atoms with van der Waals surface area (Å²) in [6.45, 7) is 5.54. The number of carbonyl (C=O) groups is 1. The van der Waals surface area contributed by atoms with Crippen LogP contribution in [-0.2, 0) is 11.3 Å². The molecule has 1 aromatic rings. The zero-order chi connectivity index (χ0) is 14.1. The number of hydrogen-bond donors (Lipinski definition) is 2. The molecule has 1 aromatic carbocycles. The number of rotatable bonds is 6. The normalized spacial score (nSPS) is 10.6. The molecule has 1 rings (SSSR count). The first-order chi connectivity index (χ1) is 9.17. The maximum absolute atomic E-state index is 11.5. The number of benzene rings is 1. The molecule has 0 saturated heterocycles. The molecule has 0 atom stereocenters. The van der Waals surface area contributed by atoms with Crippen molar-refractivity contribution in [2.24, 2.45) is 10.7 Å². The van der Waals surface area contributed by atoms with E-state index in [4.69, 9.17) is 10.5 Å². The number of esters is 1. The van der Waals surface area contributed by atoms with Gasteiger partial charge in [-0.25, -0.2) is 9.79 Å². The molecule has 5 nitrogen and oxygen atoms in total. The van der Waals surface area contributed by atoms with Crippen LogP contribution in [0.2, 0.25) is 0 Å². The van der Waals surface area contributed by atoms with Crippen LogP contribution in [0, 0.1) is 0 Å². The Balaban J connectivity index is 0.00000361. The molecule has 0 fully saturated rings. The van der Waals surface area contributed by atoms with Crippen molar-refractivity contribution in [2.45, 2.75) is 26.8 Å². The fraction of sp³-hybridized carbons (Fsp3) is 0.429. The molecule has 20 heavy (non-hydrogen) atoms. The highest BCUT2D eigenvalue weighted by molar-refractivity contribution is 14.0. The Morgan fingerprint density at radius 2 is 1.95 bits per heavy atom. The van der Waals surface area contributed by atoms with Crippen molar-refractivity contribution in [3.63, 3.8) is 0 Å². The predicted octanol–water partition coefficient (Wildman–Crippen LogP) is 2.30. The molecule has 0 unspecified atom stereocenters. The van der Waals surface area contributed by atoms with Crippen LogP contribution in [0.25, 0.3) is 0 Å². The summed E-state index contributed by atoms with van der Waals surface area (Å²) in [5.41, 5.74) is 7.23. The monoisotopic (exact) mass is 391 g/mol. The van der Waals surface area contributed by atoms with Crippen LogP contribution in [0.4, 0.5) is 0 Å².